The van der Waals surface area contributed by atoms with Gasteiger partial charge in [0.05, 0.1) is 13.2 Å². The van der Waals surface area contributed by atoms with E-state index in [2.05, 4.69) is 31.2 Å². The van der Waals surface area contributed by atoms with Crippen LogP contribution in [0.5, 0.6) is 0 Å². The molecule has 0 amide bonds. The molecule has 0 aliphatic heterocycles. The van der Waals surface area contributed by atoms with Gasteiger partial charge in [0.15, 0.2) is 0 Å². The van der Waals surface area contributed by atoms with Crippen LogP contribution in [0.1, 0.15) is 75.1 Å². The number of rotatable bonds is 13. The summed E-state index contributed by atoms with van der Waals surface area (Å²) in [7, 11) is 0. The van der Waals surface area contributed by atoms with Crippen LogP contribution in [0.4, 0.5) is 0 Å². The quantitative estimate of drug-likeness (QED) is 0.0649. The van der Waals surface area contributed by atoms with Gasteiger partial charge in [0.25, 0.3) is 0 Å². The fourth-order valence-corrected chi connectivity index (χ4v) is 5.07. The highest BCUT2D eigenvalue weighted by molar-refractivity contribution is 6.05. The third-order valence-electron chi connectivity index (χ3n) is 7.20. The lowest BCUT2D eigenvalue weighted by molar-refractivity contribution is -0.139. The van der Waals surface area contributed by atoms with Gasteiger partial charge in [0, 0.05) is 11.1 Å². The van der Waals surface area contributed by atoms with Crippen molar-refractivity contribution >= 4 is 23.1 Å². The number of nitrogens with zero attached hydrogens (tertiary/aromatic N) is 1. The molecule has 0 saturated heterocycles. The molecule has 0 atom stereocenters. The average Bonchev–Trinajstić information content (AvgIpc) is 3.10. The molecule has 0 radical (unpaired) electrons. The minimum absolute atomic E-state index is 0.0225. The molecule has 0 aliphatic carbocycles. The largest absolute Gasteiger partial charge is 0.463 e. The molecular weight excluding hydrogens is 570 g/mol. The molecule has 4 aromatic rings. The molecular formula is C41H43NO4. The van der Waals surface area contributed by atoms with E-state index in [1.54, 1.807) is 6.92 Å². The van der Waals surface area contributed by atoms with Crippen LogP contribution >= 0.6 is 0 Å². The maximum absolute atomic E-state index is 12.7. The Bertz CT molecular complexity index is 1520. The second-order valence-corrected chi connectivity index (χ2v) is 10.4. The Kier molecular flexibility index (Phi) is 15.3. The monoisotopic (exact) mass is 613 g/mol. The molecule has 0 bridgehead atoms. The zero-order chi connectivity index (χ0) is 33.0. The Morgan fingerprint density at radius 1 is 0.543 bits per heavy atom. The van der Waals surface area contributed by atoms with Crippen molar-refractivity contribution in [3.63, 3.8) is 0 Å². The van der Waals surface area contributed by atoms with Gasteiger partial charge >= 0.3 is 11.9 Å². The minimum Gasteiger partial charge on any atom is -0.463 e. The van der Waals surface area contributed by atoms with E-state index in [1.807, 2.05) is 110 Å². The van der Waals surface area contributed by atoms with Gasteiger partial charge in [-0.15, -0.1) is 0 Å². The van der Waals surface area contributed by atoms with Crippen LogP contribution in [0.25, 0.3) is 11.1 Å². The number of benzene rings is 4. The van der Waals surface area contributed by atoms with E-state index < -0.39 is 5.97 Å². The summed E-state index contributed by atoms with van der Waals surface area (Å²) in [6.45, 7) is 6.41. The van der Waals surface area contributed by atoms with Crippen molar-refractivity contribution in [2.45, 2.75) is 52.9 Å². The van der Waals surface area contributed by atoms with E-state index >= 15 is 0 Å². The Morgan fingerprint density at radius 2 is 0.935 bits per heavy atom. The molecule has 0 fully saturated rings. The topological polar surface area (TPSA) is 76.4 Å². The molecule has 4 rings (SSSR count). The average molecular weight is 614 g/mol. The zero-order valence-corrected chi connectivity index (χ0v) is 27.1. The Labute approximate surface area is 273 Å². The van der Waals surface area contributed by atoms with Crippen molar-refractivity contribution in [1.82, 2.24) is 0 Å². The van der Waals surface area contributed by atoms with E-state index in [0.29, 0.717) is 12.2 Å². The second-order valence-electron chi connectivity index (χ2n) is 10.4. The van der Waals surface area contributed by atoms with Crippen molar-refractivity contribution in [2.75, 3.05) is 13.2 Å². The normalized spacial score (nSPS) is 9.96. The van der Waals surface area contributed by atoms with Crippen LogP contribution in [0, 0.1) is 11.3 Å². The molecule has 0 saturated carbocycles. The summed E-state index contributed by atoms with van der Waals surface area (Å²) >= 11 is 0. The predicted molar refractivity (Wildman–Crippen MR) is 185 cm³/mol. The van der Waals surface area contributed by atoms with Crippen LogP contribution in [0.15, 0.2) is 132 Å². The maximum Gasteiger partial charge on any atom is 0.349 e. The second kappa shape index (κ2) is 19.9. The van der Waals surface area contributed by atoms with Gasteiger partial charge in [0.2, 0.25) is 0 Å². The van der Waals surface area contributed by atoms with E-state index in [-0.39, 0.29) is 18.1 Å². The first-order valence-electron chi connectivity index (χ1n) is 16.0. The van der Waals surface area contributed by atoms with Crippen LogP contribution < -0.4 is 0 Å². The Hall–Kier alpha value is -5.21. The van der Waals surface area contributed by atoms with Crippen molar-refractivity contribution in [1.29, 1.82) is 5.26 Å². The number of carbonyl (C=O) groups is 2. The first-order valence-corrected chi connectivity index (χ1v) is 16.0. The van der Waals surface area contributed by atoms with Gasteiger partial charge in [-0.25, -0.2) is 9.59 Å². The molecule has 0 N–H and O–H groups in total. The highest BCUT2D eigenvalue weighted by atomic mass is 16.5. The molecule has 0 aromatic heterocycles. The fraction of sp³-hybridized carbons (Fsp3) is 0.244. The number of ether oxygens (including phenoxy) is 2. The first-order chi connectivity index (χ1) is 22.5. The SMILES string of the molecule is CCCCCCC(C(=O)OCC)=C(c1ccccc1)c1ccccc1.CCOC(=O)C(C#N)=C(c1ccccc1)c1ccccc1. The molecule has 0 aliphatic rings. The van der Waals surface area contributed by atoms with E-state index in [1.165, 1.54) is 12.8 Å². The van der Waals surface area contributed by atoms with Crippen molar-refractivity contribution in [3.8, 4) is 6.07 Å². The molecule has 5 heteroatoms. The van der Waals surface area contributed by atoms with Crippen molar-refractivity contribution in [2.24, 2.45) is 0 Å². The first kappa shape index (κ1) is 35.3. The molecule has 0 unspecified atom stereocenters. The predicted octanol–water partition coefficient (Wildman–Crippen LogP) is 9.60. The smallest absolute Gasteiger partial charge is 0.349 e. The van der Waals surface area contributed by atoms with Gasteiger partial charge in [-0.3, -0.25) is 0 Å². The van der Waals surface area contributed by atoms with Crippen LogP contribution in [-0.4, -0.2) is 25.2 Å². The summed E-state index contributed by atoms with van der Waals surface area (Å²) in [6.07, 6.45) is 5.27. The van der Waals surface area contributed by atoms with Gasteiger partial charge in [-0.1, -0.05) is 148 Å². The summed E-state index contributed by atoms with van der Waals surface area (Å²) in [5.74, 6) is -0.788. The summed E-state index contributed by atoms with van der Waals surface area (Å²) < 4.78 is 10.4. The third-order valence-corrected chi connectivity index (χ3v) is 7.20. The maximum atomic E-state index is 12.7. The van der Waals surface area contributed by atoms with E-state index in [9.17, 15) is 14.9 Å². The zero-order valence-electron chi connectivity index (χ0n) is 27.1. The number of hydrogen-bond acceptors (Lipinski definition) is 5. The molecule has 4 aromatic carbocycles. The Morgan fingerprint density at radius 3 is 1.30 bits per heavy atom. The van der Waals surface area contributed by atoms with Gasteiger partial charge in [-0.05, 0) is 54.5 Å². The Balaban J connectivity index is 0.000000254. The standard InChI is InChI=1S/C23H28O2.C18H15NO2/c1-3-5-6-13-18-21(23(24)25-4-2)22(19-14-9-7-10-15-19)20-16-11-8-12-17-20;1-2-21-18(20)16(13-19)17(14-9-5-3-6-10-14)15-11-7-4-8-12-15/h7-12,14-17H,3-6,13,18H2,1-2H3;3-12H,2H2,1H3. The lowest BCUT2D eigenvalue weighted by Crippen LogP contribution is -2.11. The van der Waals surface area contributed by atoms with Crippen molar-refractivity contribution in [3.05, 3.63) is 155 Å². The van der Waals surface area contributed by atoms with E-state index in [4.69, 9.17) is 9.47 Å². The number of nitriles is 1. The van der Waals surface area contributed by atoms with Gasteiger partial charge in [0.1, 0.15) is 11.6 Å². The summed E-state index contributed by atoms with van der Waals surface area (Å²) in [5, 5.41) is 9.41. The van der Waals surface area contributed by atoms with Crippen LogP contribution in [0.2, 0.25) is 0 Å². The number of unbranched alkanes of at least 4 members (excludes halogenated alkanes) is 3. The highest BCUT2D eigenvalue weighted by Gasteiger charge is 2.20. The van der Waals surface area contributed by atoms with Crippen molar-refractivity contribution < 1.29 is 19.1 Å². The lowest BCUT2D eigenvalue weighted by Gasteiger charge is -2.16. The van der Waals surface area contributed by atoms with Crippen LogP contribution in [0.3, 0.4) is 0 Å². The summed E-state index contributed by atoms with van der Waals surface area (Å²) in [5.41, 5.74) is 6.15. The van der Waals surface area contributed by atoms with Gasteiger partial charge in [-0.2, -0.15) is 5.26 Å². The van der Waals surface area contributed by atoms with E-state index in [0.717, 1.165) is 52.7 Å². The number of esters is 2. The van der Waals surface area contributed by atoms with Gasteiger partial charge < -0.3 is 9.47 Å². The summed E-state index contributed by atoms with van der Waals surface area (Å²) in [4.78, 5) is 24.8. The molecule has 0 heterocycles. The summed E-state index contributed by atoms with van der Waals surface area (Å²) in [6, 6.07) is 41.1. The lowest BCUT2D eigenvalue weighted by atomic mass is 9.90. The highest BCUT2D eigenvalue weighted by Crippen LogP contribution is 2.31. The third kappa shape index (κ3) is 10.5. The fourth-order valence-electron chi connectivity index (χ4n) is 5.07. The van der Waals surface area contributed by atoms with Crippen LogP contribution in [-0.2, 0) is 19.1 Å². The molecule has 46 heavy (non-hydrogen) atoms. The molecule has 0 spiro atoms. The molecule has 5 nitrogen and oxygen atoms in total. The number of carbonyl (C=O) groups excluding carboxylic acids is 2. The minimum atomic E-state index is -0.595. The molecule has 236 valence electrons. The number of hydrogen-bond donors (Lipinski definition) is 0.